The van der Waals surface area contributed by atoms with E-state index in [9.17, 15) is 22.4 Å². The molecule has 1 heterocycles. The van der Waals surface area contributed by atoms with Gasteiger partial charge in [0, 0.05) is 6.92 Å². The van der Waals surface area contributed by atoms with E-state index < -0.39 is 24.3 Å². The maximum absolute atomic E-state index is 12.4. The Morgan fingerprint density at radius 2 is 2.07 bits per heavy atom. The van der Waals surface area contributed by atoms with Gasteiger partial charge in [0.1, 0.15) is 0 Å². The van der Waals surface area contributed by atoms with Crippen LogP contribution in [-0.4, -0.2) is 28.5 Å². The fourth-order valence-corrected chi connectivity index (χ4v) is 0.627. The second-order valence-corrected chi connectivity index (χ2v) is 2.50. The third-order valence-electron chi connectivity index (χ3n) is 1.32. The largest absolute Gasteiger partial charge is 0.408 e. The normalized spacial score (nSPS) is 11.9. The second kappa shape index (κ2) is 3.83. The van der Waals surface area contributed by atoms with Crippen molar-refractivity contribution in [2.75, 3.05) is 5.32 Å². The zero-order chi connectivity index (χ0) is 11.6. The topological polar surface area (TPSA) is 68.0 Å². The van der Waals surface area contributed by atoms with Gasteiger partial charge < -0.3 is 4.42 Å². The number of hydrogen-bond acceptors (Lipinski definition) is 4. The Hall–Kier alpha value is -1.67. The van der Waals surface area contributed by atoms with Crippen LogP contribution in [0.1, 0.15) is 5.89 Å². The van der Waals surface area contributed by atoms with Crippen molar-refractivity contribution < 1.29 is 26.8 Å². The van der Waals surface area contributed by atoms with Crippen LogP contribution in [0.2, 0.25) is 0 Å². The predicted molar refractivity (Wildman–Crippen MR) is 38.6 cm³/mol. The summed E-state index contributed by atoms with van der Waals surface area (Å²) in [5.74, 6) is -6.98. The van der Waals surface area contributed by atoms with Crippen LogP contribution in [0.4, 0.5) is 23.6 Å². The molecule has 5 nitrogen and oxygen atoms in total. The minimum atomic E-state index is -4.79. The summed E-state index contributed by atoms with van der Waals surface area (Å²) in [5.41, 5.74) is 0. The van der Waals surface area contributed by atoms with Crippen molar-refractivity contribution in [2.45, 2.75) is 19.3 Å². The number of nitrogens with one attached hydrogen (secondary N) is 1. The van der Waals surface area contributed by atoms with Crippen LogP contribution in [0, 0.1) is 6.92 Å². The third kappa shape index (κ3) is 2.42. The Morgan fingerprint density at radius 3 is 2.47 bits per heavy atom. The highest BCUT2D eigenvalue weighted by Gasteiger charge is 2.49. The number of alkyl halides is 4. The zero-order valence-corrected chi connectivity index (χ0v) is 7.30. The van der Waals surface area contributed by atoms with Gasteiger partial charge in [-0.25, -0.2) is 8.78 Å². The first-order valence-electron chi connectivity index (χ1n) is 3.61. The lowest BCUT2D eigenvalue weighted by Gasteiger charge is -2.12. The quantitative estimate of drug-likeness (QED) is 0.788. The van der Waals surface area contributed by atoms with Gasteiger partial charge in [0.25, 0.3) is 0 Å². The molecule has 1 rings (SSSR count). The van der Waals surface area contributed by atoms with Gasteiger partial charge in [0.2, 0.25) is 5.89 Å². The van der Waals surface area contributed by atoms with Crippen LogP contribution >= 0.6 is 0 Å². The summed E-state index contributed by atoms with van der Waals surface area (Å²) < 4.78 is 52.6. The minimum Gasteiger partial charge on any atom is -0.408 e. The molecule has 0 spiro atoms. The smallest absolute Gasteiger partial charge is 0.383 e. The van der Waals surface area contributed by atoms with Crippen molar-refractivity contribution in [2.24, 2.45) is 0 Å². The van der Waals surface area contributed by atoms with Crippen LogP contribution in [0.25, 0.3) is 0 Å². The van der Waals surface area contributed by atoms with Crippen molar-refractivity contribution in [3.8, 4) is 0 Å². The average Bonchev–Trinajstić information content (AvgIpc) is 2.50. The van der Waals surface area contributed by atoms with Crippen LogP contribution in [0.3, 0.4) is 0 Å². The van der Waals surface area contributed by atoms with Gasteiger partial charge in [0.05, 0.1) is 0 Å². The van der Waals surface area contributed by atoms with E-state index in [1.165, 1.54) is 12.2 Å². The minimum absolute atomic E-state index is 0.00524. The number of rotatable bonds is 3. The zero-order valence-electron chi connectivity index (χ0n) is 7.30. The summed E-state index contributed by atoms with van der Waals surface area (Å²) in [6.45, 7) is 1.34. The van der Waals surface area contributed by atoms with Gasteiger partial charge >= 0.3 is 24.3 Å². The molecule has 9 heteroatoms. The van der Waals surface area contributed by atoms with E-state index >= 15 is 0 Å². The van der Waals surface area contributed by atoms with Crippen LogP contribution in [0.5, 0.6) is 0 Å². The number of aryl methyl sites for hydroxylation is 1. The lowest BCUT2D eigenvalue weighted by atomic mass is 10.3. The lowest BCUT2D eigenvalue weighted by Crippen LogP contribution is -2.41. The van der Waals surface area contributed by atoms with E-state index in [0.29, 0.717) is 0 Å². The van der Waals surface area contributed by atoms with E-state index in [4.69, 9.17) is 0 Å². The molecule has 84 valence electrons. The van der Waals surface area contributed by atoms with Gasteiger partial charge in [-0.3, -0.25) is 10.1 Å². The molecule has 0 saturated heterocycles. The molecule has 15 heavy (non-hydrogen) atoms. The van der Waals surface area contributed by atoms with E-state index in [0.717, 1.165) is 0 Å². The van der Waals surface area contributed by atoms with Crippen molar-refractivity contribution in [1.29, 1.82) is 0 Å². The second-order valence-electron chi connectivity index (χ2n) is 2.50. The molecule has 1 aromatic heterocycles. The summed E-state index contributed by atoms with van der Waals surface area (Å²) in [6.07, 6.45) is -4.10. The molecule has 0 aromatic carbocycles. The summed E-state index contributed by atoms with van der Waals surface area (Å²) >= 11 is 0. The molecule has 0 bridgehead atoms. The summed E-state index contributed by atoms with van der Waals surface area (Å²) in [5, 5.41) is 7.71. The third-order valence-corrected chi connectivity index (χ3v) is 1.32. The average molecular weight is 227 g/mol. The number of hydrogen-bond donors (Lipinski definition) is 1. The van der Waals surface area contributed by atoms with Crippen LogP contribution < -0.4 is 5.32 Å². The molecule has 0 aliphatic heterocycles. The Morgan fingerprint density at radius 1 is 1.47 bits per heavy atom. The molecule has 0 radical (unpaired) electrons. The summed E-state index contributed by atoms with van der Waals surface area (Å²) in [4.78, 5) is 10.6. The van der Waals surface area contributed by atoms with E-state index in [1.807, 2.05) is 0 Å². The van der Waals surface area contributed by atoms with Gasteiger partial charge in [-0.1, -0.05) is 5.10 Å². The highest BCUT2D eigenvalue weighted by molar-refractivity contribution is 5.94. The number of aromatic nitrogens is 2. The standard InChI is InChI=1S/C6H5F4N3O2/c1-2-12-13-5(15-2)11-4(14)6(9,10)3(7)8/h3H,1H3,(H,11,13,14). The van der Waals surface area contributed by atoms with Crippen LogP contribution in [0.15, 0.2) is 4.42 Å². The fraction of sp³-hybridized carbons (Fsp3) is 0.500. The maximum atomic E-state index is 12.4. The number of halogens is 4. The molecule has 0 atom stereocenters. The molecule has 1 amide bonds. The molecule has 0 fully saturated rings. The summed E-state index contributed by atoms with van der Waals surface area (Å²) in [7, 11) is 0. The Kier molecular flexibility index (Phi) is 2.91. The lowest BCUT2D eigenvalue weighted by molar-refractivity contribution is -0.163. The first-order valence-corrected chi connectivity index (χ1v) is 3.61. The molecule has 0 aliphatic carbocycles. The Labute approximate surface area is 80.5 Å². The monoisotopic (exact) mass is 227 g/mol. The van der Waals surface area contributed by atoms with E-state index in [-0.39, 0.29) is 5.89 Å². The maximum Gasteiger partial charge on any atom is 0.383 e. The number of nitrogens with zero attached hydrogens (tertiary/aromatic N) is 2. The Bertz CT molecular complexity index is 365. The number of carbonyl (C=O) groups is 1. The van der Waals surface area contributed by atoms with Gasteiger partial charge in [0.15, 0.2) is 0 Å². The molecule has 1 aromatic rings. The highest BCUT2D eigenvalue weighted by Crippen LogP contribution is 2.24. The highest BCUT2D eigenvalue weighted by atomic mass is 19.3. The SMILES string of the molecule is Cc1nnc(NC(=O)C(F)(F)C(F)F)o1. The van der Waals surface area contributed by atoms with Crippen LogP contribution in [-0.2, 0) is 4.79 Å². The molecular weight excluding hydrogens is 222 g/mol. The first-order chi connectivity index (χ1) is 6.84. The predicted octanol–water partition coefficient (Wildman–Crippen LogP) is 1.22. The molecule has 0 aliphatic rings. The van der Waals surface area contributed by atoms with Crippen molar-refractivity contribution in [3.63, 3.8) is 0 Å². The van der Waals surface area contributed by atoms with Crippen molar-refractivity contribution >= 4 is 11.9 Å². The van der Waals surface area contributed by atoms with Crippen molar-refractivity contribution in [3.05, 3.63) is 5.89 Å². The van der Waals surface area contributed by atoms with Gasteiger partial charge in [-0.15, -0.1) is 5.10 Å². The van der Waals surface area contributed by atoms with E-state index in [1.54, 1.807) is 0 Å². The Balaban J connectivity index is 2.71. The molecular formula is C6H5F4N3O2. The summed E-state index contributed by atoms with van der Waals surface area (Å²) in [6, 6.07) is -0.655. The number of carbonyl (C=O) groups excluding carboxylic acids is 1. The molecule has 0 unspecified atom stereocenters. The van der Waals surface area contributed by atoms with Gasteiger partial charge in [-0.2, -0.15) is 8.78 Å². The van der Waals surface area contributed by atoms with Crippen molar-refractivity contribution in [1.82, 2.24) is 10.2 Å². The molecule has 0 saturated carbocycles. The number of anilines is 1. The number of amides is 1. The first kappa shape index (κ1) is 11.4. The molecule has 1 N–H and O–H groups in total. The fourth-order valence-electron chi connectivity index (χ4n) is 0.627. The van der Waals surface area contributed by atoms with E-state index in [2.05, 4.69) is 14.6 Å². The van der Waals surface area contributed by atoms with Gasteiger partial charge in [-0.05, 0) is 0 Å².